The van der Waals surface area contributed by atoms with E-state index < -0.39 is 0 Å². The summed E-state index contributed by atoms with van der Waals surface area (Å²) in [5, 5.41) is 3.38. The largest absolute Gasteiger partial charge is 0.494 e. The van der Waals surface area contributed by atoms with Gasteiger partial charge in [0.05, 0.1) is 13.2 Å². The van der Waals surface area contributed by atoms with Crippen molar-refractivity contribution >= 4 is 5.97 Å². The standard InChI is InChI=1S/C18H29NO3/c1-3-13-19-15-16-9-11-17(12-10-16)22-14-7-5-6-8-18(20)21-4-2/h9-12,19H,3-8,13-15H2,1-2H3. The monoisotopic (exact) mass is 307 g/mol. The van der Waals surface area contributed by atoms with Crippen molar-refractivity contribution in [2.24, 2.45) is 0 Å². The third-order valence-corrected chi connectivity index (χ3v) is 3.28. The zero-order chi connectivity index (χ0) is 16.0. The van der Waals surface area contributed by atoms with Gasteiger partial charge in [-0.1, -0.05) is 19.1 Å². The van der Waals surface area contributed by atoms with Gasteiger partial charge in [0.15, 0.2) is 0 Å². The van der Waals surface area contributed by atoms with Crippen LogP contribution >= 0.6 is 0 Å². The van der Waals surface area contributed by atoms with Crippen molar-refractivity contribution in [2.45, 2.75) is 52.5 Å². The summed E-state index contributed by atoms with van der Waals surface area (Å²) >= 11 is 0. The molecule has 0 bridgehead atoms. The molecule has 22 heavy (non-hydrogen) atoms. The number of hydrogen-bond donors (Lipinski definition) is 1. The maximum absolute atomic E-state index is 11.2. The second kappa shape index (κ2) is 12.0. The highest BCUT2D eigenvalue weighted by Crippen LogP contribution is 2.13. The van der Waals surface area contributed by atoms with Crippen LogP contribution in [0.1, 0.15) is 51.5 Å². The molecule has 1 rings (SSSR count). The SMILES string of the molecule is CCCNCc1ccc(OCCCCCC(=O)OCC)cc1. The molecular weight excluding hydrogens is 278 g/mol. The van der Waals surface area contributed by atoms with E-state index in [2.05, 4.69) is 24.4 Å². The van der Waals surface area contributed by atoms with Gasteiger partial charge in [-0.3, -0.25) is 4.79 Å². The Bertz CT molecular complexity index is 403. The number of carbonyl (C=O) groups excluding carboxylic acids is 1. The lowest BCUT2D eigenvalue weighted by molar-refractivity contribution is -0.143. The Balaban J connectivity index is 2.08. The molecule has 0 atom stereocenters. The topological polar surface area (TPSA) is 47.6 Å². The predicted molar refractivity (Wildman–Crippen MR) is 89.0 cm³/mol. The highest BCUT2D eigenvalue weighted by molar-refractivity contribution is 5.69. The van der Waals surface area contributed by atoms with E-state index in [0.717, 1.165) is 44.5 Å². The summed E-state index contributed by atoms with van der Waals surface area (Å²) in [5.74, 6) is 0.806. The molecule has 0 heterocycles. The fourth-order valence-electron chi connectivity index (χ4n) is 2.08. The van der Waals surface area contributed by atoms with E-state index in [1.165, 1.54) is 5.56 Å². The molecule has 0 saturated carbocycles. The van der Waals surface area contributed by atoms with E-state index >= 15 is 0 Å². The van der Waals surface area contributed by atoms with E-state index in [-0.39, 0.29) is 5.97 Å². The number of esters is 1. The lowest BCUT2D eigenvalue weighted by atomic mass is 10.2. The summed E-state index contributed by atoms with van der Waals surface area (Å²) < 4.78 is 10.6. The Morgan fingerprint density at radius 2 is 1.86 bits per heavy atom. The number of benzene rings is 1. The molecule has 0 amide bonds. The lowest BCUT2D eigenvalue weighted by Crippen LogP contribution is -2.13. The molecule has 0 unspecified atom stereocenters. The molecule has 4 heteroatoms. The molecule has 0 aliphatic rings. The number of hydrogen-bond acceptors (Lipinski definition) is 4. The minimum Gasteiger partial charge on any atom is -0.494 e. The van der Waals surface area contributed by atoms with E-state index in [1.54, 1.807) is 0 Å². The minimum atomic E-state index is -0.101. The van der Waals surface area contributed by atoms with Gasteiger partial charge in [-0.15, -0.1) is 0 Å². The van der Waals surface area contributed by atoms with Crippen LogP contribution in [0.15, 0.2) is 24.3 Å². The molecule has 0 aliphatic heterocycles. The zero-order valence-corrected chi connectivity index (χ0v) is 13.9. The summed E-state index contributed by atoms with van der Waals surface area (Å²) in [6.45, 7) is 7.10. The zero-order valence-electron chi connectivity index (χ0n) is 13.9. The highest BCUT2D eigenvalue weighted by Gasteiger charge is 2.01. The average Bonchev–Trinajstić information content (AvgIpc) is 2.52. The maximum atomic E-state index is 11.2. The fraction of sp³-hybridized carbons (Fsp3) is 0.611. The third kappa shape index (κ3) is 8.67. The van der Waals surface area contributed by atoms with Crippen molar-refractivity contribution in [1.29, 1.82) is 0 Å². The van der Waals surface area contributed by atoms with Crippen LogP contribution in [0, 0.1) is 0 Å². The molecule has 0 fully saturated rings. The summed E-state index contributed by atoms with van der Waals surface area (Å²) in [6.07, 6.45) is 4.46. The smallest absolute Gasteiger partial charge is 0.305 e. The lowest BCUT2D eigenvalue weighted by Gasteiger charge is -2.08. The first-order valence-corrected chi connectivity index (χ1v) is 8.34. The van der Waals surface area contributed by atoms with Gasteiger partial charge < -0.3 is 14.8 Å². The molecule has 0 radical (unpaired) electrons. The molecule has 0 saturated heterocycles. The van der Waals surface area contributed by atoms with E-state index in [4.69, 9.17) is 9.47 Å². The second-order valence-electron chi connectivity index (χ2n) is 5.28. The van der Waals surface area contributed by atoms with Crippen LogP contribution in [0.4, 0.5) is 0 Å². The van der Waals surface area contributed by atoms with Gasteiger partial charge in [0.25, 0.3) is 0 Å². The predicted octanol–water partition coefficient (Wildman–Crippen LogP) is 3.69. The van der Waals surface area contributed by atoms with E-state index in [9.17, 15) is 4.79 Å². The van der Waals surface area contributed by atoms with E-state index in [0.29, 0.717) is 19.6 Å². The van der Waals surface area contributed by atoms with Crippen molar-refractivity contribution in [2.75, 3.05) is 19.8 Å². The van der Waals surface area contributed by atoms with Crippen LogP contribution in [0.3, 0.4) is 0 Å². The van der Waals surface area contributed by atoms with Crippen LogP contribution < -0.4 is 10.1 Å². The van der Waals surface area contributed by atoms with Gasteiger partial charge in [0, 0.05) is 13.0 Å². The summed E-state index contributed by atoms with van der Waals surface area (Å²) in [4.78, 5) is 11.2. The van der Waals surface area contributed by atoms with Gasteiger partial charge >= 0.3 is 5.97 Å². The molecule has 1 N–H and O–H groups in total. The number of carbonyl (C=O) groups is 1. The maximum Gasteiger partial charge on any atom is 0.305 e. The van der Waals surface area contributed by atoms with Gasteiger partial charge in [0.2, 0.25) is 0 Å². The van der Waals surface area contributed by atoms with Gasteiger partial charge in [-0.25, -0.2) is 0 Å². The minimum absolute atomic E-state index is 0.101. The average molecular weight is 307 g/mol. The van der Waals surface area contributed by atoms with Gasteiger partial charge in [-0.2, -0.15) is 0 Å². The Hall–Kier alpha value is -1.55. The first kappa shape index (κ1) is 18.5. The second-order valence-corrected chi connectivity index (χ2v) is 5.28. The molecule has 0 aromatic heterocycles. The van der Waals surface area contributed by atoms with Crippen LogP contribution in [0.2, 0.25) is 0 Å². The van der Waals surface area contributed by atoms with Crippen molar-refractivity contribution in [3.05, 3.63) is 29.8 Å². The van der Waals surface area contributed by atoms with Crippen LogP contribution in [-0.4, -0.2) is 25.7 Å². The number of unbranched alkanes of at least 4 members (excludes halogenated alkanes) is 2. The first-order chi connectivity index (χ1) is 10.8. The van der Waals surface area contributed by atoms with Crippen LogP contribution in [-0.2, 0) is 16.1 Å². The fourth-order valence-corrected chi connectivity index (χ4v) is 2.08. The van der Waals surface area contributed by atoms with Crippen molar-refractivity contribution in [3.8, 4) is 5.75 Å². The van der Waals surface area contributed by atoms with Crippen molar-refractivity contribution in [1.82, 2.24) is 5.32 Å². The Labute approximate surface area is 134 Å². The summed E-state index contributed by atoms with van der Waals surface area (Å²) in [7, 11) is 0. The normalized spacial score (nSPS) is 10.5. The molecular formula is C18H29NO3. The highest BCUT2D eigenvalue weighted by atomic mass is 16.5. The number of nitrogens with one attached hydrogen (secondary N) is 1. The summed E-state index contributed by atoms with van der Waals surface area (Å²) in [5.41, 5.74) is 1.27. The van der Waals surface area contributed by atoms with Gasteiger partial charge in [0.1, 0.15) is 5.75 Å². The van der Waals surface area contributed by atoms with Gasteiger partial charge in [-0.05, 0) is 56.8 Å². The molecule has 0 aliphatic carbocycles. The third-order valence-electron chi connectivity index (χ3n) is 3.28. The molecule has 4 nitrogen and oxygen atoms in total. The number of rotatable bonds is 12. The van der Waals surface area contributed by atoms with Crippen molar-refractivity contribution < 1.29 is 14.3 Å². The Morgan fingerprint density at radius 3 is 2.55 bits per heavy atom. The molecule has 1 aromatic carbocycles. The summed E-state index contributed by atoms with van der Waals surface area (Å²) in [6, 6.07) is 8.22. The Kier molecular flexibility index (Phi) is 10.1. The van der Waals surface area contributed by atoms with E-state index in [1.807, 2.05) is 19.1 Å². The van der Waals surface area contributed by atoms with Crippen LogP contribution in [0.5, 0.6) is 5.75 Å². The Morgan fingerprint density at radius 1 is 1.09 bits per heavy atom. The van der Waals surface area contributed by atoms with Crippen molar-refractivity contribution in [3.63, 3.8) is 0 Å². The van der Waals surface area contributed by atoms with Crippen LogP contribution in [0.25, 0.3) is 0 Å². The molecule has 1 aromatic rings. The number of ether oxygens (including phenoxy) is 2. The quantitative estimate of drug-likeness (QED) is 0.472. The molecule has 124 valence electrons. The first-order valence-electron chi connectivity index (χ1n) is 8.34. The molecule has 0 spiro atoms.